The van der Waals surface area contributed by atoms with Crippen molar-refractivity contribution in [1.82, 2.24) is 29.5 Å². The molecule has 3 heterocycles. The average Bonchev–Trinajstić information content (AvgIpc) is 3.39. The van der Waals surface area contributed by atoms with Crippen molar-refractivity contribution in [1.29, 1.82) is 10.5 Å². The van der Waals surface area contributed by atoms with Gasteiger partial charge in [0.2, 0.25) is 0 Å². The van der Waals surface area contributed by atoms with Crippen LogP contribution in [-0.4, -0.2) is 42.5 Å². The van der Waals surface area contributed by atoms with Crippen LogP contribution in [0.15, 0.2) is 61.4 Å². The summed E-state index contributed by atoms with van der Waals surface area (Å²) >= 11 is 0. The van der Waals surface area contributed by atoms with Gasteiger partial charge in [0.1, 0.15) is 17.3 Å². The fraction of sp³-hybridized carbons (Fsp3) is 0.333. The van der Waals surface area contributed by atoms with Gasteiger partial charge in [-0.15, -0.1) is 5.10 Å². The molecular formula is C33H32F2N10. The first-order valence-electron chi connectivity index (χ1n) is 14.6. The number of pyridine rings is 1. The van der Waals surface area contributed by atoms with Crippen molar-refractivity contribution in [2.24, 2.45) is 5.41 Å². The van der Waals surface area contributed by atoms with Crippen molar-refractivity contribution in [2.45, 2.75) is 58.5 Å². The number of imidazole rings is 1. The minimum absolute atomic E-state index is 0.0813. The SMILES string of the molecule is Cc1c([C@H](Nc2cc(C#N)cc3c(NCC(C)(C)C)c(C#N)cnc23)c2cn(C3(C(F)F)CC3)nn2)cccc1-n1ccnc1. The van der Waals surface area contributed by atoms with E-state index in [1.165, 1.54) is 10.9 Å². The monoisotopic (exact) mass is 606 g/mol. The third-order valence-corrected chi connectivity index (χ3v) is 8.19. The highest BCUT2D eigenvalue weighted by molar-refractivity contribution is 6.01. The molecule has 0 bridgehead atoms. The van der Waals surface area contributed by atoms with Crippen LogP contribution < -0.4 is 10.6 Å². The molecule has 1 atom stereocenters. The first kappa shape index (κ1) is 29.7. The fourth-order valence-electron chi connectivity index (χ4n) is 5.51. The minimum atomic E-state index is -2.57. The number of hydrogen-bond donors (Lipinski definition) is 2. The molecule has 0 saturated heterocycles. The summed E-state index contributed by atoms with van der Waals surface area (Å²) in [6.07, 6.45) is 6.41. The quantitative estimate of drug-likeness (QED) is 0.195. The lowest BCUT2D eigenvalue weighted by Gasteiger charge is -2.24. The fourth-order valence-corrected chi connectivity index (χ4v) is 5.51. The van der Waals surface area contributed by atoms with Crippen molar-refractivity contribution in [3.63, 3.8) is 0 Å². The summed E-state index contributed by atoms with van der Waals surface area (Å²) in [7, 11) is 0. The summed E-state index contributed by atoms with van der Waals surface area (Å²) < 4.78 is 31.2. The lowest BCUT2D eigenvalue weighted by molar-refractivity contribution is 0.0593. The highest BCUT2D eigenvalue weighted by Crippen LogP contribution is 2.48. The second-order valence-corrected chi connectivity index (χ2v) is 12.6. The Morgan fingerprint density at radius 1 is 1.13 bits per heavy atom. The Bertz CT molecular complexity index is 1950. The van der Waals surface area contributed by atoms with Crippen LogP contribution in [0.25, 0.3) is 16.6 Å². The lowest BCUT2D eigenvalue weighted by atomic mass is 9.95. The third kappa shape index (κ3) is 5.55. The number of rotatable bonds is 9. The van der Waals surface area contributed by atoms with Gasteiger partial charge in [-0.2, -0.15) is 10.5 Å². The number of anilines is 2. The molecule has 0 spiro atoms. The number of hydrogen-bond acceptors (Lipinski definition) is 8. The lowest BCUT2D eigenvalue weighted by Crippen LogP contribution is -2.26. The highest BCUT2D eigenvalue weighted by Gasteiger charge is 2.54. The van der Waals surface area contributed by atoms with Crippen molar-refractivity contribution >= 4 is 22.3 Å². The second-order valence-electron chi connectivity index (χ2n) is 12.6. The van der Waals surface area contributed by atoms with Gasteiger partial charge in [0.05, 0.1) is 52.7 Å². The Balaban J connectivity index is 1.52. The van der Waals surface area contributed by atoms with E-state index in [-0.39, 0.29) is 5.41 Å². The second kappa shape index (κ2) is 11.3. The van der Waals surface area contributed by atoms with Crippen molar-refractivity contribution in [3.8, 4) is 17.8 Å². The maximum Gasteiger partial charge on any atom is 0.263 e. The third-order valence-electron chi connectivity index (χ3n) is 8.19. The van der Waals surface area contributed by atoms with E-state index < -0.39 is 18.0 Å². The Labute approximate surface area is 259 Å². The summed E-state index contributed by atoms with van der Waals surface area (Å²) in [4.78, 5) is 8.83. The number of nitriles is 2. The molecule has 1 fully saturated rings. The molecule has 3 aromatic heterocycles. The van der Waals surface area contributed by atoms with E-state index in [0.717, 1.165) is 16.8 Å². The molecule has 1 aliphatic carbocycles. The number of fused-ring (bicyclic) bond motifs is 1. The Morgan fingerprint density at radius 2 is 1.93 bits per heavy atom. The van der Waals surface area contributed by atoms with Crippen molar-refractivity contribution in [2.75, 3.05) is 17.2 Å². The van der Waals surface area contributed by atoms with Gasteiger partial charge in [-0.05, 0) is 54.5 Å². The molecular weight excluding hydrogens is 574 g/mol. The van der Waals surface area contributed by atoms with Crippen LogP contribution in [0.5, 0.6) is 0 Å². The maximum atomic E-state index is 14.0. The molecule has 0 amide bonds. The molecule has 6 rings (SSSR count). The number of benzene rings is 2. The molecule has 1 aliphatic rings. The van der Waals surface area contributed by atoms with E-state index in [2.05, 4.69) is 63.8 Å². The first-order valence-corrected chi connectivity index (χ1v) is 14.6. The van der Waals surface area contributed by atoms with Crippen molar-refractivity contribution < 1.29 is 8.78 Å². The summed E-state index contributed by atoms with van der Waals surface area (Å²) in [6, 6.07) is 13.0. The summed E-state index contributed by atoms with van der Waals surface area (Å²) in [5.41, 5.74) is 3.99. The van der Waals surface area contributed by atoms with Gasteiger partial charge < -0.3 is 15.2 Å². The number of aromatic nitrogens is 6. The van der Waals surface area contributed by atoms with Crippen LogP contribution in [0.4, 0.5) is 20.2 Å². The number of halogens is 2. The van der Waals surface area contributed by atoms with Crippen LogP contribution in [0.1, 0.15) is 67.6 Å². The molecule has 1 saturated carbocycles. The van der Waals surface area contributed by atoms with E-state index in [1.807, 2.05) is 35.9 Å². The summed E-state index contributed by atoms with van der Waals surface area (Å²) in [5.74, 6) is 0. The number of nitrogens with zero attached hydrogens (tertiary/aromatic N) is 8. The van der Waals surface area contributed by atoms with Crippen LogP contribution in [0.2, 0.25) is 0 Å². The summed E-state index contributed by atoms with van der Waals surface area (Å²) in [6.45, 7) is 8.81. The van der Waals surface area contributed by atoms with E-state index in [1.54, 1.807) is 30.9 Å². The van der Waals surface area contributed by atoms with E-state index in [4.69, 9.17) is 0 Å². The van der Waals surface area contributed by atoms with Crippen LogP contribution in [0, 0.1) is 35.0 Å². The molecule has 0 aliphatic heterocycles. The Kier molecular flexibility index (Phi) is 7.45. The van der Waals surface area contributed by atoms with E-state index in [0.29, 0.717) is 58.5 Å². The van der Waals surface area contributed by atoms with Gasteiger partial charge in [0, 0.05) is 36.2 Å². The molecule has 228 valence electrons. The van der Waals surface area contributed by atoms with Gasteiger partial charge in [-0.1, -0.05) is 38.1 Å². The van der Waals surface area contributed by atoms with Crippen LogP contribution >= 0.6 is 0 Å². The van der Waals surface area contributed by atoms with Gasteiger partial charge in [0.25, 0.3) is 6.43 Å². The highest BCUT2D eigenvalue weighted by atomic mass is 19.3. The zero-order valence-electron chi connectivity index (χ0n) is 25.4. The van der Waals surface area contributed by atoms with Gasteiger partial charge >= 0.3 is 0 Å². The first-order chi connectivity index (χ1) is 21.5. The maximum absolute atomic E-state index is 14.0. The normalized spacial score (nSPS) is 14.6. The molecule has 0 radical (unpaired) electrons. The van der Waals surface area contributed by atoms with E-state index in [9.17, 15) is 19.3 Å². The Morgan fingerprint density at radius 3 is 2.58 bits per heavy atom. The van der Waals surface area contributed by atoms with Gasteiger partial charge in [0.15, 0.2) is 0 Å². The van der Waals surface area contributed by atoms with Gasteiger partial charge in [-0.25, -0.2) is 18.4 Å². The topological polar surface area (TPSA) is 133 Å². The zero-order valence-corrected chi connectivity index (χ0v) is 25.4. The van der Waals surface area contributed by atoms with Crippen LogP contribution in [-0.2, 0) is 5.54 Å². The standard InChI is InChI=1S/C33H32F2N10/c1-20-23(6-5-7-27(20)44-11-10-38-19-44)30(26-17-45(43-42-26)33(8-9-33)31(34)35)41-25-13-21(14-36)12-24-28(40-18-32(2,3)4)22(15-37)16-39-29(24)25/h5-7,10-13,16-17,19,30-31,41H,8-9,18H2,1-4H3,(H,39,40)/t30-/m0/s1. The Hall–Kier alpha value is -5.36. The molecule has 10 nitrogen and oxygen atoms in total. The predicted molar refractivity (Wildman–Crippen MR) is 166 cm³/mol. The molecule has 12 heteroatoms. The molecule has 45 heavy (non-hydrogen) atoms. The molecule has 2 aromatic carbocycles. The number of nitrogens with one attached hydrogen (secondary N) is 2. The molecule has 0 unspecified atom stereocenters. The largest absolute Gasteiger partial charge is 0.383 e. The molecule has 2 N–H and O–H groups in total. The van der Waals surface area contributed by atoms with E-state index >= 15 is 0 Å². The molecule has 5 aromatic rings. The van der Waals surface area contributed by atoms with Crippen molar-refractivity contribution in [3.05, 3.63) is 89.4 Å². The predicted octanol–water partition coefficient (Wildman–Crippen LogP) is 6.48. The zero-order chi connectivity index (χ0) is 31.9. The smallest absolute Gasteiger partial charge is 0.263 e. The average molecular weight is 607 g/mol. The number of alkyl halides is 2. The van der Waals surface area contributed by atoms with Gasteiger partial charge in [-0.3, -0.25) is 4.98 Å². The van der Waals surface area contributed by atoms with Crippen LogP contribution in [0.3, 0.4) is 0 Å². The summed E-state index contributed by atoms with van der Waals surface area (Å²) in [5, 5.41) is 36.0. The minimum Gasteiger partial charge on any atom is -0.383 e.